The van der Waals surface area contributed by atoms with E-state index in [0.29, 0.717) is 0 Å². The number of hydrogen-bond donors (Lipinski definition) is 3. The van der Waals surface area contributed by atoms with Crippen molar-refractivity contribution in [3.63, 3.8) is 0 Å². The highest BCUT2D eigenvalue weighted by Gasteiger charge is 2.49. The molecule has 0 radical (unpaired) electrons. The fourth-order valence-electron chi connectivity index (χ4n) is 2.12. The number of carbonyl (C=O) groups excluding carboxylic acids is 3. The van der Waals surface area contributed by atoms with Gasteiger partial charge in [-0.05, 0) is 0 Å². The number of nitrogens with one attached hydrogen (secondary N) is 1. The number of amides is 1. The van der Waals surface area contributed by atoms with Crippen LogP contribution in [0.1, 0.15) is 20.8 Å². The van der Waals surface area contributed by atoms with Crippen LogP contribution in [0.25, 0.3) is 0 Å². The van der Waals surface area contributed by atoms with E-state index in [2.05, 4.69) is 5.32 Å². The van der Waals surface area contributed by atoms with Crippen molar-refractivity contribution < 1.29 is 38.8 Å². The maximum atomic E-state index is 11.2. The molecule has 1 amide bonds. The number of rotatable bonds is 4. The summed E-state index contributed by atoms with van der Waals surface area (Å²) in [5, 5.41) is 21.5. The van der Waals surface area contributed by atoms with E-state index in [1.807, 2.05) is 0 Å². The highest BCUT2D eigenvalue weighted by molar-refractivity contribution is 5.73. The predicted molar refractivity (Wildman–Crippen MR) is 66.7 cm³/mol. The van der Waals surface area contributed by atoms with Gasteiger partial charge in [-0.2, -0.15) is 0 Å². The predicted octanol–water partition coefficient (Wildman–Crippen LogP) is -1.94. The smallest absolute Gasteiger partial charge is 0.303 e. The lowest BCUT2D eigenvalue weighted by atomic mass is 9.96. The molecule has 0 spiro atoms. The standard InChI is InChI=1S/C12H19NO8/c1-5(15)13-9-11(20-7(3)17)10(19-6(2)16)8(4-14)21-12(9)18/h8-12,14,18H,4H2,1-3H3,(H,13,15)/t8?,9-,10-,11+,12-/m0/s1. The molecule has 1 saturated heterocycles. The van der Waals surface area contributed by atoms with Crippen LogP contribution in [0, 0.1) is 0 Å². The first kappa shape index (κ1) is 17.3. The van der Waals surface area contributed by atoms with E-state index in [-0.39, 0.29) is 0 Å². The molecule has 0 aromatic rings. The van der Waals surface area contributed by atoms with Crippen LogP contribution in [0.2, 0.25) is 0 Å². The Balaban J connectivity index is 3.08. The summed E-state index contributed by atoms with van der Waals surface area (Å²) in [7, 11) is 0. The second-order valence-electron chi connectivity index (χ2n) is 4.62. The van der Waals surface area contributed by atoms with Gasteiger partial charge in [0.25, 0.3) is 0 Å². The molecule has 5 atom stereocenters. The second-order valence-corrected chi connectivity index (χ2v) is 4.62. The average molecular weight is 305 g/mol. The Morgan fingerprint density at radius 2 is 1.62 bits per heavy atom. The third-order valence-electron chi connectivity index (χ3n) is 2.82. The van der Waals surface area contributed by atoms with E-state index in [1.165, 1.54) is 6.92 Å². The number of aliphatic hydroxyl groups excluding tert-OH is 2. The monoisotopic (exact) mass is 305 g/mol. The molecule has 0 aromatic carbocycles. The molecular formula is C12H19NO8. The molecule has 0 aromatic heterocycles. The zero-order valence-electron chi connectivity index (χ0n) is 11.9. The van der Waals surface area contributed by atoms with Gasteiger partial charge in [-0.1, -0.05) is 0 Å². The highest BCUT2D eigenvalue weighted by atomic mass is 16.7. The maximum absolute atomic E-state index is 11.2. The third-order valence-corrected chi connectivity index (χ3v) is 2.82. The van der Waals surface area contributed by atoms with Crippen molar-refractivity contribution in [1.82, 2.24) is 5.32 Å². The quantitative estimate of drug-likeness (QED) is 0.511. The topological polar surface area (TPSA) is 131 Å². The van der Waals surface area contributed by atoms with Crippen molar-refractivity contribution in [1.29, 1.82) is 0 Å². The lowest BCUT2D eigenvalue weighted by Gasteiger charge is -2.43. The van der Waals surface area contributed by atoms with Gasteiger partial charge in [-0.25, -0.2) is 0 Å². The molecule has 1 unspecified atom stereocenters. The Kier molecular flexibility index (Phi) is 6.06. The zero-order valence-corrected chi connectivity index (χ0v) is 11.9. The minimum atomic E-state index is -1.53. The minimum absolute atomic E-state index is 0.496. The Hall–Kier alpha value is -1.71. The van der Waals surface area contributed by atoms with Gasteiger partial charge in [-0.3, -0.25) is 14.4 Å². The van der Waals surface area contributed by atoms with Gasteiger partial charge in [0.1, 0.15) is 12.1 Å². The van der Waals surface area contributed by atoms with Gasteiger partial charge in [0.15, 0.2) is 18.5 Å². The van der Waals surface area contributed by atoms with Gasteiger partial charge >= 0.3 is 11.9 Å². The molecule has 0 bridgehead atoms. The van der Waals surface area contributed by atoms with Gasteiger partial charge in [0.05, 0.1) is 6.61 Å². The molecule has 9 heteroatoms. The summed E-state index contributed by atoms with van der Waals surface area (Å²) in [6.45, 7) is 2.90. The van der Waals surface area contributed by atoms with E-state index < -0.39 is 55.1 Å². The summed E-state index contributed by atoms with van der Waals surface area (Å²) in [6.07, 6.45) is -4.95. The van der Waals surface area contributed by atoms with Crippen molar-refractivity contribution in [2.75, 3.05) is 6.61 Å². The fraction of sp³-hybridized carbons (Fsp3) is 0.750. The molecule has 1 aliphatic rings. The fourth-order valence-corrected chi connectivity index (χ4v) is 2.12. The first-order valence-electron chi connectivity index (χ1n) is 6.32. The maximum Gasteiger partial charge on any atom is 0.303 e. The molecule has 1 heterocycles. The lowest BCUT2D eigenvalue weighted by molar-refractivity contribution is -0.263. The summed E-state index contributed by atoms with van der Waals surface area (Å²) in [4.78, 5) is 33.6. The molecular weight excluding hydrogens is 286 g/mol. The summed E-state index contributed by atoms with van der Waals surface area (Å²) >= 11 is 0. The molecule has 0 saturated carbocycles. The van der Waals surface area contributed by atoms with E-state index in [4.69, 9.17) is 14.2 Å². The molecule has 120 valence electrons. The molecule has 1 fully saturated rings. The molecule has 9 nitrogen and oxygen atoms in total. The van der Waals surface area contributed by atoms with Crippen molar-refractivity contribution in [2.24, 2.45) is 0 Å². The SMILES string of the molecule is CC(=O)N[C@H]1[C@@H](OC(C)=O)[C@@H](OC(C)=O)C(CO)O[C@@H]1O. The van der Waals surface area contributed by atoms with Crippen molar-refractivity contribution in [3.05, 3.63) is 0 Å². The normalized spacial score (nSPS) is 32.1. The number of hydrogen-bond acceptors (Lipinski definition) is 8. The van der Waals surface area contributed by atoms with Crippen LogP contribution in [0.4, 0.5) is 0 Å². The summed E-state index contributed by atoms with van der Waals surface area (Å²) in [5.74, 6) is -1.88. The van der Waals surface area contributed by atoms with Crippen LogP contribution >= 0.6 is 0 Å². The van der Waals surface area contributed by atoms with Crippen LogP contribution < -0.4 is 5.32 Å². The minimum Gasteiger partial charge on any atom is -0.456 e. The van der Waals surface area contributed by atoms with Crippen LogP contribution in [-0.4, -0.2) is 65.3 Å². The highest BCUT2D eigenvalue weighted by Crippen LogP contribution is 2.25. The zero-order chi connectivity index (χ0) is 16.2. The van der Waals surface area contributed by atoms with Crippen LogP contribution in [0.5, 0.6) is 0 Å². The van der Waals surface area contributed by atoms with Crippen molar-refractivity contribution in [3.8, 4) is 0 Å². The molecule has 0 aliphatic carbocycles. The van der Waals surface area contributed by atoms with Gasteiger partial charge in [-0.15, -0.1) is 0 Å². The molecule has 3 N–H and O–H groups in total. The summed E-state index contributed by atoms with van der Waals surface area (Å²) < 4.78 is 15.1. The number of ether oxygens (including phenoxy) is 3. The van der Waals surface area contributed by atoms with E-state index in [9.17, 15) is 24.6 Å². The Bertz CT molecular complexity index is 412. The number of esters is 2. The first-order valence-corrected chi connectivity index (χ1v) is 6.32. The Labute approximate surface area is 121 Å². The van der Waals surface area contributed by atoms with Crippen molar-refractivity contribution >= 4 is 17.8 Å². The van der Waals surface area contributed by atoms with E-state index in [0.717, 1.165) is 13.8 Å². The van der Waals surface area contributed by atoms with Crippen LogP contribution in [0.15, 0.2) is 0 Å². The Morgan fingerprint density at radius 3 is 2.05 bits per heavy atom. The largest absolute Gasteiger partial charge is 0.456 e. The summed E-state index contributed by atoms with van der Waals surface area (Å²) in [5.41, 5.74) is 0. The third kappa shape index (κ3) is 4.66. The lowest BCUT2D eigenvalue weighted by Crippen LogP contribution is -2.65. The molecule has 1 rings (SSSR count). The van der Waals surface area contributed by atoms with Gasteiger partial charge in [0.2, 0.25) is 5.91 Å². The van der Waals surface area contributed by atoms with E-state index in [1.54, 1.807) is 0 Å². The van der Waals surface area contributed by atoms with Gasteiger partial charge in [0, 0.05) is 20.8 Å². The first-order chi connectivity index (χ1) is 9.76. The number of carbonyl (C=O) groups is 3. The molecule has 21 heavy (non-hydrogen) atoms. The molecule has 1 aliphatic heterocycles. The average Bonchev–Trinajstić information content (AvgIpc) is 2.35. The summed E-state index contributed by atoms with van der Waals surface area (Å²) in [6, 6.07) is -1.13. The Morgan fingerprint density at radius 1 is 1.10 bits per heavy atom. The second kappa shape index (κ2) is 7.34. The van der Waals surface area contributed by atoms with Crippen LogP contribution in [-0.2, 0) is 28.6 Å². The van der Waals surface area contributed by atoms with Crippen LogP contribution in [0.3, 0.4) is 0 Å². The van der Waals surface area contributed by atoms with E-state index >= 15 is 0 Å². The number of aliphatic hydroxyl groups is 2. The van der Waals surface area contributed by atoms with Gasteiger partial charge < -0.3 is 29.7 Å². The van der Waals surface area contributed by atoms with Crippen molar-refractivity contribution in [2.45, 2.75) is 51.4 Å².